The minimum absolute atomic E-state index is 0.0296. The number of rotatable bonds is 4. The lowest BCUT2D eigenvalue weighted by Crippen LogP contribution is -2.73. The van der Waals surface area contributed by atoms with Gasteiger partial charge in [-0.3, -0.25) is 19.5 Å². The summed E-state index contributed by atoms with van der Waals surface area (Å²) in [7, 11) is 1.93. The molecule has 2 fully saturated rings. The Balaban J connectivity index is 1.29. The molecule has 0 radical (unpaired) electrons. The molecule has 7 heteroatoms. The molecule has 3 heterocycles. The standard InChI is InChI=1S/C22H26N4O3/c1-16-5-3-7-18(9-16)21(28)26-14-22(15-26)13-25(2)19(12-29-22)20(27)24-11-17-6-4-8-23-10-17/h3-10,19H,11-15H2,1-2H3,(H,24,27)/t19-/m1/s1. The van der Waals surface area contributed by atoms with Gasteiger partial charge in [0.2, 0.25) is 5.91 Å². The summed E-state index contributed by atoms with van der Waals surface area (Å²) >= 11 is 0. The minimum atomic E-state index is -0.381. The van der Waals surface area contributed by atoms with E-state index in [0.29, 0.717) is 38.3 Å². The van der Waals surface area contributed by atoms with E-state index < -0.39 is 0 Å². The van der Waals surface area contributed by atoms with Gasteiger partial charge in [-0.1, -0.05) is 23.8 Å². The van der Waals surface area contributed by atoms with Crippen molar-refractivity contribution in [1.29, 1.82) is 0 Å². The first-order valence-corrected chi connectivity index (χ1v) is 9.83. The molecule has 152 valence electrons. The number of likely N-dealkylation sites (tertiary alicyclic amines) is 1. The molecule has 7 nitrogen and oxygen atoms in total. The van der Waals surface area contributed by atoms with Gasteiger partial charge in [0.25, 0.3) is 5.91 Å². The summed E-state index contributed by atoms with van der Waals surface area (Å²) < 4.78 is 6.09. The number of hydrogen-bond donors (Lipinski definition) is 1. The summed E-state index contributed by atoms with van der Waals surface area (Å²) in [4.78, 5) is 33.1. The minimum Gasteiger partial charge on any atom is -0.368 e. The first-order chi connectivity index (χ1) is 14.0. The summed E-state index contributed by atoms with van der Waals surface area (Å²) in [5, 5.41) is 2.95. The number of nitrogens with one attached hydrogen (secondary N) is 1. The molecule has 4 rings (SSSR count). The third-order valence-electron chi connectivity index (χ3n) is 5.62. The fourth-order valence-corrected chi connectivity index (χ4v) is 4.02. The highest BCUT2D eigenvalue weighted by Gasteiger charge is 2.51. The van der Waals surface area contributed by atoms with Gasteiger partial charge in [0, 0.05) is 31.0 Å². The van der Waals surface area contributed by atoms with Crippen LogP contribution in [0.2, 0.25) is 0 Å². The van der Waals surface area contributed by atoms with Crippen LogP contribution in [0.15, 0.2) is 48.8 Å². The molecule has 1 N–H and O–H groups in total. The molecule has 0 aliphatic carbocycles. The van der Waals surface area contributed by atoms with Crippen molar-refractivity contribution in [2.24, 2.45) is 0 Å². The summed E-state index contributed by atoms with van der Waals surface area (Å²) in [6, 6.07) is 11.1. The molecule has 2 aromatic rings. The van der Waals surface area contributed by atoms with Gasteiger partial charge in [-0.25, -0.2) is 0 Å². The number of pyridine rings is 1. The van der Waals surface area contributed by atoms with Crippen molar-refractivity contribution in [3.05, 3.63) is 65.5 Å². The second-order valence-corrected chi connectivity index (χ2v) is 8.03. The van der Waals surface area contributed by atoms with Crippen molar-refractivity contribution in [3.8, 4) is 0 Å². The lowest BCUT2D eigenvalue weighted by Gasteiger charge is -2.54. The molecule has 2 aliphatic heterocycles. The SMILES string of the molecule is Cc1cccc(C(=O)N2CC3(C2)CN(C)[C@@H](C(=O)NCc2cccnc2)CO3)c1. The Kier molecular flexibility index (Phi) is 5.34. The molecule has 29 heavy (non-hydrogen) atoms. The van der Waals surface area contributed by atoms with Crippen LogP contribution in [-0.4, -0.2) is 71.5 Å². The molecule has 2 aliphatic rings. The Labute approximate surface area is 170 Å². The summed E-state index contributed by atoms with van der Waals surface area (Å²) in [5.41, 5.74) is 2.35. The number of carbonyl (C=O) groups is 2. The predicted molar refractivity (Wildman–Crippen MR) is 108 cm³/mol. The van der Waals surface area contributed by atoms with Crippen molar-refractivity contribution in [1.82, 2.24) is 20.1 Å². The van der Waals surface area contributed by atoms with Crippen LogP contribution in [0.4, 0.5) is 0 Å². The summed E-state index contributed by atoms with van der Waals surface area (Å²) in [6.45, 7) is 4.47. The maximum absolute atomic E-state index is 12.7. The van der Waals surface area contributed by atoms with Crippen LogP contribution < -0.4 is 5.32 Å². The maximum Gasteiger partial charge on any atom is 0.254 e. The molecule has 1 aromatic heterocycles. The molecule has 0 bridgehead atoms. The van der Waals surface area contributed by atoms with E-state index in [4.69, 9.17) is 4.74 Å². The molecule has 0 unspecified atom stereocenters. The number of ether oxygens (including phenoxy) is 1. The molecule has 1 spiro atoms. The van der Waals surface area contributed by atoms with Crippen LogP contribution in [0.3, 0.4) is 0 Å². The Morgan fingerprint density at radius 1 is 1.24 bits per heavy atom. The van der Waals surface area contributed by atoms with Gasteiger partial charge in [0.05, 0.1) is 19.7 Å². The zero-order chi connectivity index (χ0) is 20.4. The summed E-state index contributed by atoms with van der Waals surface area (Å²) in [6.07, 6.45) is 3.45. The molecular formula is C22H26N4O3. The third-order valence-corrected chi connectivity index (χ3v) is 5.62. The highest BCUT2D eigenvalue weighted by Crippen LogP contribution is 2.31. The average Bonchev–Trinajstić information content (AvgIpc) is 2.70. The fourth-order valence-electron chi connectivity index (χ4n) is 4.02. The van der Waals surface area contributed by atoms with Gasteiger partial charge in [0.15, 0.2) is 0 Å². The third kappa shape index (κ3) is 4.16. The van der Waals surface area contributed by atoms with Gasteiger partial charge >= 0.3 is 0 Å². The Morgan fingerprint density at radius 3 is 2.76 bits per heavy atom. The van der Waals surface area contributed by atoms with Crippen LogP contribution in [0.25, 0.3) is 0 Å². The number of benzene rings is 1. The lowest BCUT2D eigenvalue weighted by molar-refractivity contribution is -0.187. The van der Waals surface area contributed by atoms with Gasteiger partial charge in [-0.15, -0.1) is 0 Å². The predicted octanol–water partition coefficient (Wildman–Crippen LogP) is 1.23. The number of nitrogens with zero attached hydrogens (tertiary/aromatic N) is 3. The largest absolute Gasteiger partial charge is 0.368 e. The number of aryl methyl sites for hydroxylation is 1. The highest BCUT2D eigenvalue weighted by atomic mass is 16.5. The lowest BCUT2D eigenvalue weighted by atomic mass is 9.90. The smallest absolute Gasteiger partial charge is 0.254 e. The number of aromatic nitrogens is 1. The Hall–Kier alpha value is -2.77. The van der Waals surface area contributed by atoms with Crippen molar-refractivity contribution in [3.63, 3.8) is 0 Å². The second kappa shape index (κ2) is 7.93. The van der Waals surface area contributed by atoms with Gasteiger partial charge < -0.3 is 15.0 Å². The number of carbonyl (C=O) groups excluding carboxylic acids is 2. The molecule has 0 saturated carbocycles. The van der Waals surface area contributed by atoms with E-state index >= 15 is 0 Å². The van der Waals surface area contributed by atoms with Crippen molar-refractivity contribution < 1.29 is 14.3 Å². The Bertz CT molecular complexity index is 896. The second-order valence-electron chi connectivity index (χ2n) is 8.03. The van der Waals surface area contributed by atoms with Crippen molar-refractivity contribution in [2.45, 2.75) is 25.1 Å². The van der Waals surface area contributed by atoms with Crippen LogP contribution in [0.5, 0.6) is 0 Å². The van der Waals surface area contributed by atoms with Crippen molar-refractivity contribution >= 4 is 11.8 Å². The van der Waals surface area contributed by atoms with E-state index in [1.54, 1.807) is 12.4 Å². The molecule has 1 aromatic carbocycles. The average molecular weight is 394 g/mol. The van der Waals surface area contributed by atoms with E-state index in [1.807, 2.05) is 60.2 Å². The van der Waals surface area contributed by atoms with Crippen LogP contribution >= 0.6 is 0 Å². The van der Waals surface area contributed by atoms with Gasteiger partial charge in [0.1, 0.15) is 11.6 Å². The highest BCUT2D eigenvalue weighted by molar-refractivity contribution is 5.95. The fraction of sp³-hybridized carbons (Fsp3) is 0.409. The number of hydrogen-bond acceptors (Lipinski definition) is 5. The first-order valence-electron chi connectivity index (χ1n) is 9.83. The van der Waals surface area contributed by atoms with E-state index in [9.17, 15) is 9.59 Å². The summed E-state index contributed by atoms with van der Waals surface area (Å²) in [5.74, 6) is -0.0277. The van der Waals surface area contributed by atoms with Crippen LogP contribution in [0, 0.1) is 6.92 Å². The van der Waals surface area contributed by atoms with Crippen LogP contribution in [0.1, 0.15) is 21.5 Å². The van der Waals surface area contributed by atoms with E-state index in [0.717, 1.165) is 11.1 Å². The van der Waals surface area contributed by atoms with Crippen molar-refractivity contribution in [2.75, 3.05) is 33.3 Å². The van der Waals surface area contributed by atoms with E-state index in [1.165, 1.54) is 0 Å². The molecular weight excluding hydrogens is 368 g/mol. The molecule has 2 saturated heterocycles. The van der Waals surface area contributed by atoms with Crippen LogP contribution in [-0.2, 0) is 16.1 Å². The molecule has 1 atom stereocenters. The topological polar surface area (TPSA) is 74.8 Å². The zero-order valence-electron chi connectivity index (χ0n) is 16.8. The Morgan fingerprint density at radius 2 is 2.07 bits per heavy atom. The zero-order valence-corrected chi connectivity index (χ0v) is 16.8. The maximum atomic E-state index is 12.7. The number of amides is 2. The van der Waals surface area contributed by atoms with Gasteiger partial charge in [-0.05, 0) is 37.7 Å². The van der Waals surface area contributed by atoms with E-state index in [-0.39, 0.29) is 23.5 Å². The first kappa shape index (κ1) is 19.5. The number of morpholine rings is 1. The quantitative estimate of drug-likeness (QED) is 0.844. The monoisotopic (exact) mass is 394 g/mol. The molecule has 2 amide bonds. The normalized spacial score (nSPS) is 20.9. The van der Waals surface area contributed by atoms with E-state index in [2.05, 4.69) is 10.3 Å². The number of likely N-dealkylation sites (N-methyl/N-ethyl adjacent to an activating group) is 1. The van der Waals surface area contributed by atoms with Gasteiger partial charge in [-0.2, -0.15) is 0 Å².